The van der Waals surface area contributed by atoms with Gasteiger partial charge in [-0.05, 0) is 13.8 Å². The third kappa shape index (κ3) is 2.09. The minimum absolute atomic E-state index is 0.441. The van der Waals surface area contributed by atoms with Crippen molar-refractivity contribution >= 4 is 19.7 Å². The predicted octanol–water partition coefficient (Wildman–Crippen LogP) is -1.03. The van der Waals surface area contributed by atoms with Crippen LogP contribution in [0.4, 0.5) is 0 Å². The number of aliphatic hydroxyl groups excluding tert-OH is 1. The van der Waals surface area contributed by atoms with Crippen LogP contribution in [0.1, 0.15) is 13.8 Å². The summed E-state index contributed by atoms with van der Waals surface area (Å²) in [7, 11) is -6.92. The van der Waals surface area contributed by atoms with Crippen molar-refractivity contribution in [3.63, 3.8) is 0 Å². The first kappa shape index (κ1) is 11.9. The van der Waals surface area contributed by atoms with Gasteiger partial charge >= 0.3 is 0 Å². The Morgan fingerprint density at radius 2 is 1.79 bits per heavy atom. The van der Waals surface area contributed by atoms with Gasteiger partial charge in [0.2, 0.25) is 0 Å². The average Bonchev–Trinajstić information content (AvgIpc) is 2.24. The maximum Gasteiger partial charge on any atom is 0.159 e. The van der Waals surface area contributed by atoms with E-state index in [4.69, 9.17) is 0 Å². The smallest absolute Gasteiger partial charge is 0.159 e. The molecule has 0 saturated carbocycles. The van der Waals surface area contributed by atoms with E-state index in [0.29, 0.717) is 0 Å². The van der Waals surface area contributed by atoms with Gasteiger partial charge in [-0.3, -0.25) is 0 Å². The summed E-state index contributed by atoms with van der Waals surface area (Å²) in [5, 5.41) is 7.55. The van der Waals surface area contributed by atoms with Gasteiger partial charge in [0.25, 0.3) is 0 Å². The van der Waals surface area contributed by atoms with Gasteiger partial charge in [-0.1, -0.05) is 0 Å². The summed E-state index contributed by atoms with van der Waals surface area (Å²) in [4.78, 5) is 0. The molecule has 84 valence electrons. The van der Waals surface area contributed by atoms with Crippen molar-refractivity contribution in [1.82, 2.24) is 0 Å². The molecule has 1 aliphatic rings. The molecule has 0 spiro atoms. The molecule has 2 atom stereocenters. The molecule has 1 N–H and O–H groups in total. The summed E-state index contributed by atoms with van der Waals surface area (Å²) in [5.74, 6) is -0.891. The van der Waals surface area contributed by atoms with Crippen LogP contribution in [-0.2, 0) is 19.7 Å². The third-order valence-corrected chi connectivity index (χ3v) is 6.92. The van der Waals surface area contributed by atoms with Crippen LogP contribution in [-0.4, -0.2) is 50.1 Å². The third-order valence-electron chi connectivity index (χ3n) is 2.35. The zero-order valence-electron chi connectivity index (χ0n) is 8.04. The highest BCUT2D eigenvalue weighted by molar-refractivity contribution is 7.96. The highest BCUT2D eigenvalue weighted by Gasteiger charge is 2.45. The van der Waals surface area contributed by atoms with Crippen LogP contribution >= 0.6 is 0 Å². The quantitative estimate of drug-likeness (QED) is 0.668. The molecule has 0 aromatic heterocycles. The Hall–Kier alpha value is -0.140. The van der Waals surface area contributed by atoms with Crippen LogP contribution in [0, 0.1) is 0 Å². The molecule has 1 saturated heterocycles. The van der Waals surface area contributed by atoms with Crippen molar-refractivity contribution in [3.05, 3.63) is 0 Å². The molecule has 0 aliphatic carbocycles. The highest BCUT2D eigenvalue weighted by Crippen LogP contribution is 2.22. The minimum Gasteiger partial charge on any atom is -0.391 e. The zero-order valence-corrected chi connectivity index (χ0v) is 9.68. The number of sulfone groups is 2. The highest BCUT2D eigenvalue weighted by atomic mass is 32.2. The van der Waals surface area contributed by atoms with Gasteiger partial charge in [-0.15, -0.1) is 0 Å². The summed E-state index contributed by atoms with van der Waals surface area (Å²) >= 11 is 0. The molecule has 1 rings (SSSR count). The van der Waals surface area contributed by atoms with Gasteiger partial charge in [0.05, 0.1) is 22.9 Å². The molecule has 7 heteroatoms. The molecular formula is C7H14O5S2. The Bertz CT molecular complexity index is 405. The summed E-state index contributed by atoms with van der Waals surface area (Å²) < 4.78 is 45.4. The van der Waals surface area contributed by atoms with Crippen LogP contribution in [0.15, 0.2) is 0 Å². The normalized spacial score (nSPS) is 32.3. The summed E-state index contributed by atoms with van der Waals surface area (Å²) in [6.45, 7) is 2.96. The fourth-order valence-corrected chi connectivity index (χ4v) is 5.81. The molecule has 5 nitrogen and oxygen atoms in total. The van der Waals surface area contributed by atoms with Crippen molar-refractivity contribution in [2.45, 2.75) is 30.5 Å². The SMILES string of the molecule is CC(C)S(=O)(=O)[C@H]1CS(=O)(=O)C[C@@H]1O. The Morgan fingerprint density at radius 3 is 2.07 bits per heavy atom. The fraction of sp³-hybridized carbons (Fsp3) is 1.00. The van der Waals surface area contributed by atoms with Crippen LogP contribution < -0.4 is 0 Å². The Labute approximate surface area is 84.0 Å². The Kier molecular flexibility index (Phi) is 2.95. The molecule has 1 heterocycles. The molecule has 0 aromatic carbocycles. The van der Waals surface area contributed by atoms with Gasteiger partial charge in [-0.25, -0.2) is 16.8 Å². The number of hydrogen-bond donors (Lipinski definition) is 1. The second-order valence-corrected chi connectivity index (χ2v) is 8.70. The molecule has 14 heavy (non-hydrogen) atoms. The van der Waals surface area contributed by atoms with E-state index >= 15 is 0 Å². The van der Waals surface area contributed by atoms with Crippen LogP contribution in [0.3, 0.4) is 0 Å². The largest absolute Gasteiger partial charge is 0.391 e. The average molecular weight is 242 g/mol. The van der Waals surface area contributed by atoms with E-state index in [2.05, 4.69) is 0 Å². The molecule has 0 unspecified atom stereocenters. The second kappa shape index (κ2) is 3.46. The molecule has 1 aliphatic heterocycles. The van der Waals surface area contributed by atoms with Gasteiger partial charge in [0.15, 0.2) is 19.7 Å². The van der Waals surface area contributed by atoms with Gasteiger partial charge in [-0.2, -0.15) is 0 Å². The van der Waals surface area contributed by atoms with Gasteiger partial charge in [0.1, 0.15) is 5.25 Å². The summed E-state index contributed by atoms with van der Waals surface area (Å²) in [5.41, 5.74) is 0. The fourth-order valence-electron chi connectivity index (χ4n) is 1.46. The lowest BCUT2D eigenvalue weighted by atomic mass is 10.3. The number of rotatable bonds is 2. The monoisotopic (exact) mass is 242 g/mol. The topological polar surface area (TPSA) is 88.5 Å². The van der Waals surface area contributed by atoms with E-state index in [1.165, 1.54) is 13.8 Å². The van der Waals surface area contributed by atoms with Gasteiger partial charge < -0.3 is 5.11 Å². The van der Waals surface area contributed by atoms with Crippen molar-refractivity contribution < 1.29 is 21.9 Å². The lowest BCUT2D eigenvalue weighted by Gasteiger charge is -2.16. The molecule has 0 amide bonds. The predicted molar refractivity (Wildman–Crippen MR) is 52.5 cm³/mol. The van der Waals surface area contributed by atoms with Gasteiger partial charge in [0, 0.05) is 0 Å². The van der Waals surface area contributed by atoms with Crippen molar-refractivity contribution in [3.8, 4) is 0 Å². The second-order valence-electron chi connectivity index (χ2n) is 3.82. The number of hydrogen-bond acceptors (Lipinski definition) is 5. The lowest BCUT2D eigenvalue weighted by Crippen LogP contribution is -2.37. The van der Waals surface area contributed by atoms with Crippen LogP contribution in [0.2, 0.25) is 0 Å². The maximum atomic E-state index is 11.6. The van der Waals surface area contributed by atoms with Crippen LogP contribution in [0.25, 0.3) is 0 Å². The van der Waals surface area contributed by atoms with E-state index < -0.39 is 47.8 Å². The minimum atomic E-state index is -3.53. The summed E-state index contributed by atoms with van der Waals surface area (Å²) in [6.07, 6.45) is -1.27. The molecule has 0 bridgehead atoms. The van der Waals surface area contributed by atoms with Crippen molar-refractivity contribution in [2.75, 3.05) is 11.5 Å². The summed E-state index contributed by atoms with van der Waals surface area (Å²) in [6, 6.07) is 0. The number of aliphatic hydroxyl groups is 1. The standard InChI is InChI=1S/C7H14O5S2/c1-5(2)14(11,12)7-4-13(9,10)3-6(7)8/h5-8H,3-4H2,1-2H3/t6-,7-/m0/s1. The van der Waals surface area contributed by atoms with E-state index in [1.54, 1.807) is 0 Å². The molecule has 0 aromatic rings. The first-order chi connectivity index (χ1) is 6.17. The molecule has 0 radical (unpaired) electrons. The van der Waals surface area contributed by atoms with E-state index in [1.807, 2.05) is 0 Å². The van der Waals surface area contributed by atoms with Crippen LogP contribution in [0.5, 0.6) is 0 Å². The van der Waals surface area contributed by atoms with Crippen molar-refractivity contribution in [2.24, 2.45) is 0 Å². The Balaban J connectivity index is 3.04. The first-order valence-corrected chi connectivity index (χ1v) is 7.71. The lowest BCUT2D eigenvalue weighted by molar-refractivity contribution is 0.204. The van der Waals surface area contributed by atoms with E-state index in [-0.39, 0.29) is 0 Å². The van der Waals surface area contributed by atoms with E-state index in [0.717, 1.165) is 0 Å². The maximum absolute atomic E-state index is 11.6. The van der Waals surface area contributed by atoms with E-state index in [9.17, 15) is 21.9 Å². The Morgan fingerprint density at radius 1 is 1.29 bits per heavy atom. The zero-order chi connectivity index (χ0) is 11.1. The van der Waals surface area contributed by atoms with Crippen molar-refractivity contribution in [1.29, 1.82) is 0 Å². The molecular weight excluding hydrogens is 228 g/mol. The first-order valence-electron chi connectivity index (χ1n) is 4.28. The molecule has 1 fully saturated rings.